The lowest BCUT2D eigenvalue weighted by Gasteiger charge is -2.52. The smallest absolute Gasteiger partial charge is 0.311 e. The molecular formula is C42H78N2O14. The van der Waals surface area contributed by atoms with Crippen molar-refractivity contribution < 1.29 is 67.9 Å². The summed E-state index contributed by atoms with van der Waals surface area (Å²) in [6.45, 7) is 19.1. The number of carbonyl (C=O) groups is 1. The van der Waals surface area contributed by atoms with Crippen molar-refractivity contribution in [2.24, 2.45) is 23.7 Å². The SMILES string of the molecule is CC[C@H]1OC(=O)[C@H](C)[C@@H](O[C@H]2C[C@@](C)(OC)[C@@H](O)[C@H](C)O2)[C@H](C)C(O[C@@H]2O[C@H](C)C[C@H](N(C)C)C2O)[C@](C)(O)C[C@@H](C)C2NC(COCCOC)OC(C2C)[C@]1(C)O. The molecule has 0 aromatic rings. The van der Waals surface area contributed by atoms with Gasteiger partial charge in [0.05, 0.1) is 67.5 Å². The molecule has 16 nitrogen and oxygen atoms in total. The zero-order valence-electron chi connectivity index (χ0n) is 37.6. The van der Waals surface area contributed by atoms with Gasteiger partial charge >= 0.3 is 5.97 Å². The highest BCUT2D eigenvalue weighted by molar-refractivity contribution is 5.73. The van der Waals surface area contributed by atoms with E-state index in [0.29, 0.717) is 19.6 Å². The molecule has 2 bridgehead atoms. The molecule has 0 saturated carbocycles. The molecule has 4 aliphatic rings. The molecule has 0 aromatic carbocycles. The van der Waals surface area contributed by atoms with Crippen LogP contribution in [0.1, 0.15) is 94.9 Å². The number of rotatable bonds is 12. The quantitative estimate of drug-likeness (QED) is 0.142. The first kappa shape index (κ1) is 49.6. The standard InChI is InChI=1S/C42H78N2O14/c1-15-29-42(10,49)37-24(4)32(43-30(56-37)21-52-17-16-50-13)22(2)19-40(8,48)36(58-39-33(45)28(44(11)12)18-23(3)53-39)25(5)34(26(6)38(47)55-29)57-31-20-41(9,51-14)35(46)27(7)54-31/h22-37,39,43,45-46,48-49H,15-21H2,1-14H3/t22-,23-,24?,25+,26-,27+,28+,29-,30?,31+,32?,33?,34+,35+,36?,37?,39+,40-,41-,42-/m1/s1. The fraction of sp³-hybridized carbons (Fsp3) is 0.976. The van der Waals surface area contributed by atoms with E-state index in [1.807, 2.05) is 53.6 Å². The van der Waals surface area contributed by atoms with Crippen LogP contribution in [0, 0.1) is 23.7 Å². The molecule has 4 fully saturated rings. The number of hydrogen-bond acceptors (Lipinski definition) is 16. The number of ether oxygens (including phenoxy) is 9. The van der Waals surface area contributed by atoms with Gasteiger partial charge in [0.1, 0.15) is 30.1 Å². The van der Waals surface area contributed by atoms with Gasteiger partial charge < -0.3 is 68.0 Å². The number of esters is 1. The lowest BCUT2D eigenvalue weighted by molar-refractivity contribution is -0.318. The first-order chi connectivity index (χ1) is 27.0. The lowest BCUT2D eigenvalue weighted by Crippen LogP contribution is -2.67. The third kappa shape index (κ3) is 11.1. The predicted molar refractivity (Wildman–Crippen MR) is 214 cm³/mol. The fourth-order valence-electron chi connectivity index (χ4n) is 10.0. The topological polar surface area (TPSA) is 196 Å². The van der Waals surface area contributed by atoms with E-state index in [2.05, 4.69) is 5.32 Å². The van der Waals surface area contributed by atoms with Gasteiger partial charge in [-0.3, -0.25) is 10.1 Å². The van der Waals surface area contributed by atoms with Crippen LogP contribution in [0.15, 0.2) is 0 Å². The summed E-state index contributed by atoms with van der Waals surface area (Å²) in [6.07, 6.45) is -8.29. The molecule has 4 aliphatic heterocycles. The zero-order chi connectivity index (χ0) is 43.5. The molecule has 58 heavy (non-hydrogen) atoms. The molecule has 0 spiro atoms. The van der Waals surface area contributed by atoms with Gasteiger partial charge in [0.15, 0.2) is 12.6 Å². The molecule has 4 saturated heterocycles. The summed E-state index contributed by atoms with van der Waals surface area (Å²) in [6, 6.07) is -0.593. The molecule has 0 aliphatic carbocycles. The normalized spacial score (nSPS) is 48.7. The Kier molecular flexibility index (Phi) is 17.4. The molecule has 4 rings (SSSR count). The van der Waals surface area contributed by atoms with Gasteiger partial charge in [-0.1, -0.05) is 27.7 Å². The maximum atomic E-state index is 14.5. The van der Waals surface area contributed by atoms with Crippen LogP contribution in [0.25, 0.3) is 0 Å². The molecule has 4 heterocycles. The number of methoxy groups -OCH3 is 2. The Balaban J connectivity index is 1.83. The molecule has 16 heteroatoms. The summed E-state index contributed by atoms with van der Waals surface area (Å²) >= 11 is 0. The second-order valence-corrected chi connectivity index (χ2v) is 18.6. The van der Waals surface area contributed by atoms with Crippen LogP contribution in [0.4, 0.5) is 0 Å². The molecule has 5 N–H and O–H groups in total. The summed E-state index contributed by atoms with van der Waals surface area (Å²) in [7, 11) is 6.90. The second kappa shape index (κ2) is 20.4. The van der Waals surface area contributed by atoms with Crippen molar-refractivity contribution in [3.05, 3.63) is 0 Å². The Morgan fingerprint density at radius 2 is 1.59 bits per heavy atom. The summed E-state index contributed by atoms with van der Waals surface area (Å²) in [5.74, 6) is -2.95. The molecule has 0 amide bonds. The van der Waals surface area contributed by atoms with Crippen LogP contribution in [0.3, 0.4) is 0 Å². The number of fused-ring (bicyclic) bond motifs is 2. The number of hydrogen-bond donors (Lipinski definition) is 5. The largest absolute Gasteiger partial charge is 0.459 e. The highest BCUT2D eigenvalue weighted by Crippen LogP contribution is 2.43. The molecule has 20 atom stereocenters. The van der Waals surface area contributed by atoms with E-state index in [-0.39, 0.29) is 55.9 Å². The second-order valence-electron chi connectivity index (χ2n) is 18.6. The summed E-state index contributed by atoms with van der Waals surface area (Å²) in [5.41, 5.74) is -4.27. The molecular weight excluding hydrogens is 756 g/mol. The third-order valence-electron chi connectivity index (χ3n) is 13.5. The average Bonchev–Trinajstić information content (AvgIpc) is 3.15. The summed E-state index contributed by atoms with van der Waals surface area (Å²) in [4.78, 5) is 16.4. The highest BCUT2D eigenvalue weighted by Gasteiger charge is 2.55. The average molecular weight is 835 g/mol. The summed E-state index contributed by atoms with van der Waals surface area (Å²) in [5, 5.41) is 51.5. The van der Waals surface area contributed by atoms with Crippen LogP contribution >= 0.6 is 0 Å². The van der Waals surface area contributed by atoms with Gasteiger partial charge in [0.2, 0.25) is 0 Å². The van der Waals surface area contributed by atoms with E-state index in [9.17, 15) is 25.2 Å². The van der Waals surface area contributed by atoms with Gasteiger partial charge in [-0.25, -0.2) is 0 Å². The first-order valence-electron chi connectivity index (χ1n) is 21.4. The van der Waals surface area contributed by atoms with E-state index < -0.39 is 96.1 Å². The number of nitrogens with one attached hydrogen (secondary N) is 1. The molecule has 0 aromatic heterocycles. The van der Waals surface area contributed by atoms with Crippen molar-refractivity contribution in [2.45, 2.75) is 191 Å². The Morgan fingerprint density at radius 1 is 0.914 bits per heavy atom. The number of carbonyl (C=O) groups excluding carboxylic acids is 1. The van der Waals surface area contributed by atoms with E-state index in [1.165, 1.54) is 7.11 Å². The summed E-state index contributed by atoms with van der Waals surface area (Å²) < 4.78 is 55.7. The first-order valence-corrected chi connectivity index (χ1v) is 21.4. The lowest BCUT2D eigenvalue weighted by atomic mass is 9.71. The van der Waals surface area contributed by atoms with Crippen molar-refractivity contribution in [3.63, 3.8) is 0 Å². The van der Waals surface area contributed by atoms with Crippen molar-refractivity contribution >= 4 is 5.97 Å². The van der Waals surface area contributed by atoms with Crippen LogP contribution in [0.2, 0.25) is 0 Å². The van der Waals surface area contributed by atoms with Gasteiger partial charge in [-0.05, 0) is 80.8 Å². The minimum absolute atomic E-state index is 0.137. The Labute approximate surface area is 346 Å². The number of aliphatic hydroxyl groups excluding tert-OH is 2. The molecule has 6 unspecified atom stereocenters. The van der Waals surface area contributed by atoms with E-state index >= 15 is 0 Å². The molecule has 0 radical (unpaired) electrons. The van der Waals surface area contributed by atoms with Crippen molar-refractivity contribution in [3.8, 4) is 0 Å². The Morgan fingerprint density at radius 3 is 2.19 bits per heavy atom. The van der Waals surface area contributed by atoms with Gasteiger partial charge in [-0.15, -0.1) is 0 Å². The molecule has 340 valence electrons. The highest BCUT2D eigenvalue weighted by atomic mass is 16.7. The predicted octanol–water partition coefficient (Wildman–Crippen LogP) is 2.20. The third-order valence-corrected chi connectivity index (χ3v) is 13.5. The number of cyclic esters (lactones) is 1. The maximum absolute atomic E-state index is 14.5. The van der Waals surface area contributed by atoms with Gasteiger partial charge in [0, 0.05) is 44.6 Å². The van der Waals surface area contributed by atoms with E-state index in [0.717, 1.165) is 0 Å². The number of aliphatic hydroxyl groups is 4. The van der Waals surface area contributed by atoms with Gasteiger partial charge in [-0.2, -0.15) is 0 Å². The number of nitrogens with zero attached hydrogens (tertiary/aromatic N) is 1. The fourth-order valence-corrected chi connectivity index (χ4v) is 10.0. The maximum Gasteiger partial charge on any atom is 0.311 e. The van der Waals surface area contributed by atoms with E-state index in [1.54, 1.807) is 41.7 Å². The number of likely N-dealkylation sites (N-methyl/N-ethyl adjacent to an activating group) is 1. The van der Waals surface area contributed by atoms with Crippen molar-refractivity contribution in [2.75, 3.05) is 48.1 Å². The Hall–Kier alpha value is -1.09. The van der Waals surface area contributed by atoms with Crippen molar-refractivity contribution in [1.29, 1.82) is 0 Å². The van der Waals surface area contributed by atoms with Crippen LogP contribution < -0.4 is 5.32 Å². The minimum atomic E-state index is -1.64. The van der Waals surface area contributed by atoms with Crippen LogP contribution in [0.5, 0.6) is 0 Å². The van der Waals surface area contributed by atoms with E-state index in [4.69, 9.17) is 42.6 Å². The monoisotopic (exact) mass is 835 g/mol. The van der Waals surface area contributed by atoms with Gasteiger partial charge in [0.25, 0.3) is 0 Å². The Bertz CT molecular complexity index is 1290. The zero-order valence-corrected chi connectivity index (χ0v) is 37.6. The van der Waals surface area contributed by atoms with Crippen LogP contribution in [-0.4, -0.2) is 176 Å². The minimum Gasteiger partial charge on any atom is -0.459 e. The van der Waals surface area contributed by atoms with Crippen molar-refractivity contribution in [1.82, 2.24) is 10.2 Å². The van der Waals surface area contributed by atoms with Crippen LogP contribution in [-0.2, 0) is 47.4 Å².